The van der Waals surface area contributed by atoms with E-state index in [1.165, 1.54) is 0 Å². The largest absolute Gasteiger partial charge is 0.319 e. The highest BCUT2D eigenvalue weighted by molar-refractivity contribution is 7.99. The number of nitrogens with one attached hydrogen (secondary N) is 2. The second-order valence-corrected chi connectivity index (χ2v) is 9.44. The number of nitrogens with zero attached hydrogens (tertiary/aromatic N) is 4. The maximum absolute atomic E-state index is 12.6. The summed E-state index contributed by atoms with van der Waals surface area (Å²) in [4.78, 5) is 22.8. The van der Waals surface area contributed by atoms with E-state index in [4.69, 9.17) is 10.7 Å². The van der Waals surface area contributed by atoms with Gasteiger partial charge < -0.3 is 11.1 Å². The number of nitrogens with two attached hydrogens (primary N) is 1. The maximum Gasteiger partial charge on any atom is 0.215 e. The molecule has 0 amide bonds. The third-order valence-electron chi connectivity index (χ3n) is 5.87. The Morgan fingerprint density at radius 1 is 1.25 bits per heavy atom. The fourth-order valence-corrected chi connectivity index (χ4v) is 4.89. The number of H-pyrrole nitrogens is 1. The number of ketones is 1. The van der Waals surface area contributed by atoms with Crippen molar-refractivity contribution in [2.75, 3.05) is 5.32 Å². The molecule has 1 aliphatic rings. The van der Waals surface area contributed by atoms with Crippen LogP contribution in [0.4, 0.5) is 11.8 Å². The lowest BCUT2D eigenvalue weighted by Crippen LogP contribution is -2.46. The quantitative estimate of drug-likeness (QED) is 0.366. The Balaban J connectivity index is 1.32. The van der Waals surface area contributed by atoms with Crippen LogP contribution < -0.4 is 11.1 Å². The van der Waals surface area contributed by atoms with Crippen LogP contribution in [-0.4, -0.2) is 35.9 Å². The summed E-state index contributed by atoms with van der Waals surface area (Å²) < 4.78 is 1.88. The lowest BCUT2D eigenvalue weighted by atomic mass is 9.89. The van der Waals surface area contributed by atoms with E-state index in [0.717, 1.165) is 52.5 Å². The Bertz CT molecular complexity index is 1260. The predicted molar refractivity (Wildman–Crippen MR) is 124 cm³/mol. The highest BCUT2D eigenvalue weighted by Gasteiger charge is 2.36. The van der Waals surface area contributed by atoms with Crippen LogP contribution in [0.25, 0.3) is 5.65 Å². The van der Waals surface area contributed by atoms with Gasteiger partial charge in [0.25, 0.3) is 0 Å². The Morgan fingerprint density at radius 2 is 2.03 bits per heavy atom. The number of imidazole rings is 1. The van der Waals surface area contributed by atoms with E-state index >= 15 is 0 Å². The SMILES string of the molecule is Cc1cc(Nc2nc(Sc3ccc(CC(=O)C4(N)CCCC4)cc3)cc3nccn23)n[nH]1. The fraction of sp³-hybridized carbons (Fsp3) is 0.304. The molecule has 1 fully saturated rings. The Labute approximate surface area is 190 Å². The number of aromatic nitrogens is 5. The zero-order valence-corrected chi connectivity index (χ0v) is 18.7. The Hall–Kier alpha value is -3.17. The molecule has 3 aromatic heterocycles. The molecule has 1 aliphatic carbocycles. The molecule has 1 saturated carbocycles. The second-order valence-electron chi connectivity index (χ2n) is 8.34. The summed E-state index contributed by atoms with van der Waals surface area (Å²) in [6.07, 6.45) is 7.68. The van der Waals surface area contributed by atoms with Crippen LogP contribution in [-0.2, 0) is 11.2 Å². The minimum atomic E-state index is -0.632. The van der Waals surface area contributed by atoms with E-state index in [2.05, 4.69) is 20.5 Å². The van der Waals surface area contributed by atoms with E-state index < -0.39 is 5.54 Å². The number of Topliss-reactive ketones (excluding diaryl/α,β-unsaturated/α-hetero) is 1. The molecule has 0 unspecified atom stereocenters. The van der Waals surface area contributed by atoms with Gasteiger partial charge in [0.15, 0.2) is 11.6 Å². The molecule has 5 rings (SSSR count). The van der Waals surface area contributed by atoms with E-state index in [-0.39, 0.29) is 5.78 Å². The summed E-state index contributed by atoms with van der Waals surface area (Å²) in [6, 6.07) is 11.9. The molecule has 9 heteroatoms. The van der Waals surface area contributed by atoms with Crippen molar-refractivity contribution in [2.24, 2.45) is 5.73 Å². The molecule has 0 radical (unpaired) electrons. The molecule has 0 aliphatic heterocycles. The topological polar surface area (TPSA) is 114 Å². The van der Waals surface area contributed by atoms with E-state index in [9.17, 15) is 4.79 Å². The number of anilines is 2. The number of benzene rings is 1. The summed E-state index contributed by atoms with van der Waals surface area (Å²) in [5, 5.41) is 11.2. The average Bonchev–Trinajstić information content (AvgIpc) is 3.51. The number of hydrogen-bond acceptors (Lipinski definition) is 7. The standard InChI is InChI=1S/C23H25N7OS/c1-15-12-19(29-28-15)26-22-27-21(14-20-25-10-11-30(20)22)32-17-6-4-16(5-7-17)13-18(31)23(24)8-2-3-9-23/h4-7,10-12,14H,2-3,8-9,13,24H2,1H3,(H2,26,27,28,29). The number of hydrogen-bond donors (Lipinski definition) is 3. The summed E-state index contributed by atoms with van der Waals surface area (Å²) >= 11 is 1.55. The Morgan fingerprint density at radius 3 is 2.75 bits per heavy atom. The lowest BCUT2D eigenvalue weighted by Gasteiger charge is -2.21. The first-order valence-corrected chi connectivity index (χ1v) is 11.5. The molecule has 0 atom stereocenters. The van der Waals surface area contributed by atoms with E-state index in [0.29, 0.717) is 18.2 Å². The second kappa shape index (κ2) is 8.40. The number of aryl methyl sites for hydroxylation is 1. The van der Waals surface area contributed by atoms with Crippen LogP contribution in [0.5, 0.6) is 0 Å². The van der Waals surface area contributed by atoms with Gasteiger partial charge in [0, 0.05) is 41.5 Å². The monoisotopic (exact) mass is 447 g/mol. The van der Waals surface area contributed by atoms with Gasteiger partial charge in [0.1, 0.15) is 10.7 Å². The van der Waals surface area contributed by atoms with Crippen molar-refractivity contribution in [1.29, 1.82) is 0 Å². The molecule has 8 nitrogen and oxygen atoms in total. The first-order chi connectivity index (χ1) is 15.5. The van der Waals surface area contributed by atoms with Crippen LogP contribution in [0.15, 0.2) is 58.7 Å². The van der Waals surface area contributed by atoms with Gasteiger partial charge in [-0.1, -0.05) is 36.7 Å². The van der Waals surface area contributed by atoms with Crippen molar-refractivity contribution in [3.05, 3.63) is 60.0 Å². The lowest BCUT2D eigenvalue weighted by molar-refractivity contribution is -0.123. The number of aromatic amines is 1. The first kappa shape index (κ1) is 20.7. The fourth-order valence-electron chi connectivity index (χ4n) is 4.08. The van der Waals surface area contributed by atoms with Crippen LogP contribution in [0.2, 0.25) is 0 Å². The first-order valence-electron chi connectivity index (χ1n) is 10.7. The molecule has 0 bridgehead atoms. The van der Waals surface area contributed by atoms with Gasteiger partial charge in [0.2, 0.25) is 5.95 Å². The van der Waals surface area contributed by atoms with Crippen molar-refractivity contribution in [3.63, 3.8) is 0 Å². The normalized spacial score (nSPS) is 15.3. The molecule has 4 N–H and O–H groups in total. The van der Waals surface area contributed by atoms with Crippen LogP contribution in [0.1, 0.15) is 36.9 Å². The van der Waals surface area contributed by atoms with Gasteiger partial charge in [-0.3, -0.25) is 14.3 Å². The van der Waals surface area contributed by atoms with Gasteiger partial charge in [-0.2, -0.15) is 5.10 Å². The van der Waals surface area contributed by atoms with Gasteiger partial charge in [-0.05, 0) is 37.5 Å². The smallest absolute Gasteiger partial charge is 0.215 e. The molecule has 4 aromatic rings. The molecule has 3 heterocycles. The van der Waals surface area contributed by atoms with Crippen LogP contribution in [0.3, 0.4) is 0 Å². The molecule has 0 spiro atoms. The van der Waals surface area contributed by atoms with Crippen molar-refractivity contribution in [2.45, 2.75) is 54.5 Å². The van der Waals surface area contributed by atoms with Crippen molar-refractivity contribution >= 4 is 35.0 Å². The maximum atomic E-state index is 12.6. The molecular formula is C23H25N7OS. The van der Waals surface area contributed by atoms with Crippen molar-refractivity contribution in [1.82, 2.24) is 24.6 Å². The average molecular weight is 448 g/mol. The minimum Gasteiger partial charge on any atom is -0.319 e. The highest BCUT2D eigenvalue weighted by Crippen LogP contribution is 2.31. The van der Waals surface area contributed by atoms with Gasteiger partial charge >= 0.3 is 0 Å². The third-order valence-corrected chi connectivity index (χ3v) is 6.80. The van der Waals surface area contributed by atoms with Gasteiger partial charge in [0.05, 0.1) is 5.54 Å². The van der Waals surface area contributed by atoms with Gasteiger partial charge in [-0.25, -0.2) is 9.97 Å². The van der Waals surface area contributed by atoms with Crippen molar-refractivity contribution in [3.8, 4) is 0 Å². The molecule has 164 valence electrons. The molecular weight excluding hydrogens is 422 g/mol. The predicted octanol–water partition coefficient (Wildman–Crippen LogP) is 4.04. The highest BCUT2D eigenvalue weighted by atomic mass is 32.2. The number of carbonyl (C=O) groups is 1. The Kier molecular flexibility index (Phi) is 5.44. The summed E-state index contributed by atoms with van der Waals surface area (Å²) in [5.41, 5.74) is 8.43. The van der Waals surface area contributed by atoms with Crippen molar-refractivity contribution < 1.29 is 4.79 Å². The van der Waals surface area contributed by atoms with Gasteiger partial charge in [-0.15, -0.1) is 0 Å². The molecule has 1 aromatic carbocycles. The zero-order chi connectivity index (χ0) is 22.1. The number of carbonyl (C=O) groups excluding carboxylic acids is 1. The van der Waals surface area contributed by atoms with Crippen LogP contribution in [0, 0.1) is 6.92 Å². The van der Waals surface area contributed by atoms with Crippen LogP contribution >= 0.6 is 11.8 Å². The molecule has 0 saturated heterocycles. The summed E-state index contributed by atoms with van der Waals surface area (Å²) in [5.74, 6) is 1.48. The summed E-state index contributed by atoms with van der Waals surface area (Å²) in [6.45, 7) is 1.95. The van der Waals surface area contributed by atoms with E-state index in [1.54, 1.807) is 18.0 Å². The molecule has 32 heavy (non-hydrogen) atoms. The number of fused-ring (bicyclic) bond motifs is 1. The summed E-state index contributed by atoms with van der Waals surface area (Å²) in [7, 11) is 0. The van der Waals surface area contributed by atoms with E-state index in [1.807, 2.05) is 53.9 Å². The number of rotatable bonds is 7. The zero-order valence-electron chi connectivity index (χ0n) is 17.8. The third kappa shape index (κ3) is 4.26. The minimum absolute atomic E-state index is 0.145.